The molecule has 0 aromatic heterocycles. The van der Waals surface area contributed by atoms with E-state index in [-0.39, 0.29) is 6.04 Å². The van der Waals surface area contributed by atoms with Gasteiger partial charge in [0, 0.05) is 32.4 Å². The molecule has 0 aliphatic carbocycles. The minimum absolute atomic E-state index is 0.118. The summed E-state index contributed by atoms with van der Waals surface area (Å²) in [6.07, 6.45) is 5.48. The summed E-state index contributed by atoms with van der Waals surface area (Å²) in [6.45, 7) is 6.15. The standard InChI is InChI=1S/C21H32N4O2/c1-3-10-22-20(26)21(27)23-15-19(25-12-4-5-13-25)17-8-9-18-16(14-17)7-6-11-24(18)2/h8-9,14,19H,3-7,10-13,15H2,1-2H3,(H,22,26)(H,23,27)/t19-/m1/s1. The molecule has 2 aliphatic rings. The van der Waals surface area contributed by atoms with Gasteiger partial charge in [0.05, 0.1) is 6.04 Å². The predicted molar refractivity (Wildman–Crippen MR) is 108 cm³/mol. The molecule has 0 saturated carbocycles. The number of carbonyl (C=O) groups excluding carboxylic acids is 2. The molecule has 2 heterocycles. The molecular weight excluding hydrogens is 340 g/mol. The Morgan fingerprint density at radius 3 is 2.56 bits per heavy atom. The average molecular weight is 373 g/mol. The van der Waals surface area contributed by atoms with Crippen molar-refractivity contribution < 1.29 is 9.59 Å². The molecule has 6 nitrogen and oxygen atoms in total. The van der Waals surface area contributed by atoms with Crippen LogP contribution in [0.15, 0.2) is 18.2 Å². The van der Waals surface area contributed by atoms with Crippen LogP contribution in [-0.4, -0.2) is 56.5 Å². The highest BCUT2D eigenvalue weighted by Gasteiger charge is 2.26. The maximum absolute atomic E-state index is 12.1. The molecule has 1 saturated heterocycles. The lowest BCUT2D eigenvalue weighted by Crippen LogP contribution is -2.44. The lowest BCUT2D eigenvalue weighted by Gasteiger charge is -2.31. The van der Waals surface area contributed by atoms with Crippen molar-refractivity contribution in [2.75, 3.05) is 44.7 Å². The van der Waals surface area contributed by atoms with Gasteiger partial charge < -0.3 is 15.5 Å². The van der Waals surface area contributed by atoms with Crippen LogP contribution < -0.4 is 15.5 Å². The van der Waals surface area contributed by atoms with Crippen LogP contribution >= 0.6 is 0 Å². The number of hydrogen-bond acceptors (Lipinski definition) is 4. The molecule has 27 heavy (non-hydrogen) atoms. The number of benzene rings is 1. The second-order valence-corrected chi connectivity index (χ2v) is 7.64. The number of aryl methyl sites for hydroxylation is 1. The number of nitrogens with zero attached hydrogens (tertiary/aromatic N) is 2. The lowest BCUT2D eigenvalue weighted by atomic mass is 9.96. The smallest absolute Gasteiger partial charge is 0.309 e. The van der Waals surface area contributed by atoms with Gasteiger partial charge in [0.2, 0.25) is 0 Å². The monoisotopic (exact) mass is 372 g/mol. The molecule has 0 spiro atoms. The zero-order valence-corrected chi connectivity index (χ0v) is 16.6. The third-order valence-electron chi connectivity index (χ3n) is 5.62. The van der Waals surface area contributed by atoms with Crippen LogP contribution in [0, 0.1) is 0 Å². The molecule has 3 rings (SSSR count). The number of nitrogens with one attached hydrogen (secondary N) is 2. The summed E-state index contributed by atoms with van der Waals surface area (Å²) in [5.41, 5.74) is 3.94. The molecule has 1 atom stereocenters. The molecule has 0 unspecified atom stereocenters. The van der Waals surface area contributed by atoms with E-state index in [0.717, 1.165) is 32.5 Å². The van der Waals surface area contributed by atoms with Crippen LogP contribution in [0.4, 0.5) is 5.69 Å². The predicted octanol–water partition coefficient (Wildman–Crippen LogP) is 1.85. The number of amides is 2. The summed E-state index contributed by atoms with van der Waals surface area (Å²) in [7, 11) is 2.14. The Morgan fingerprint density at radius 1 is 1.07 bits per heavy atom. The quantitative estimate of drug-likeness (QED) is 0.748. The molecule has 0 radical (unpaired) electrons. The normalized spacial score (nSPS) is 18.1. The van der Waals surface area contributed by atoms with Gasteiger partial charge in [-0.1, -0.05) is 19.1 Å². The van der Waals surface area contributed by atoms with E-state index < -0.39 is 11.8 Å². The summed E-state index contributed by atoms with van der Waals surface area (Å²) in [5, 5.41) is 5.49. The minimum Gasteiger partial charge on any atom is -0.374 e. The van der Waals surface area contributed by atoms with Gasteiger partial charge in [0.15, 0.2) is 0 Å². The zero-order chi connectivity index (χ0) is 19.2. The van der Waals surface area contributed by atoms with Gasteiger partial charge in [-0.2, -0.15) is 0 Å². The molecule has 2 N–H and O–H groups in total. The van der Waals surface area contributed by atoms with E-state index in [2.05, 4.69) is 45.7 Å². The van der Waals surface area contributed by atoms with Crippen molar-refractivity contribution in [1.29, 1.82) is 0 Å². The molecule has 1 aromatic carbocycles. The zero-order valence-electron chi connectivity index (χ0n) is 16.6. The molecule has 1 aromatic rings. The maximum atomic E-state index is 12.1. The van der Waals surface area contributed by atoms with Gasteiger partial charge in [-0.15, -0.1) is 0 Å². The van der Waals surface area contributed by atoms with Crippen molar-refractivity contribution in [2.24, 2.45) is 0 Å². The Bertz CT molecular complexity index is 670. The number of carbonyl (C=O) groups is 2. The highest BCUT2D eigenvalue weighted by molar-refractivity contribution is 6.35. The Hall–Kier alpha value is -2.08. The van der Waals surface area contributed by atoms with Gasteiger partial charge in [0.1, 0.15) is 0 Å². The van der Waals surface area contributed by atoms with Crippen molar-refractivity contribution in [2.45, 2.75) is 45.1 Å². The SMILES string of the molecule is CCCNC(=O)C(=O)NC[C@H](c1ccc2c(c1)CCCN2C)N1CCCC1. The van der Waals surface area contributed by atoms with E-state index in [1.54, 1.807) is 0 Å². The first-order chi connectivity index (χ1) is 13.1. The fraction of sp³-hybridized carbons (Fsp3) is 0.619. The van der Waals surface area contributed by atoms with Gasteiger partial charge in [-0.25, -0.2) is 0 Å². The van der Waals surface area contributed by atoms with Gasteiger partial charge in [-0.3, -0.25) is 14.5 Å². The summed E-state index contributed by atoms with van der Waals surface area (Å²) < 4.78 is 0. The third-order valence-corrected chi connectivity index (χ3v) is 5.62. The number of likely N-dealkylation sites (tertiary alicyclic amines) is 1. The van der Waals surface area contributed by atoms with Crippen molar-refractivity contribution in [1.82, 2.24) is 15.5 Å². The summed E-state index contributed by atoms with van der Waals surface area (Å²) >= 11 is 0. The summed E-state index contributed by atoms with van der Waals surface area (Å²) in [6, 6.07) is 6.82. The highest BCUT2D eigenvalue weighted by atomic mass is 16.2. The second-order valence-electron chi connectivity index (χ2n) is 7.64. The Labute approximate surface area is 162 Å². The number of hydrogen-bond donors (Lipinski definition) is 2. The second kappa shape index (κ2) is 9.22. The molecule has 148 valence electrons. The maximum Gasteiger partial charge on any atom is 0.309 e. The number of fused-ring (bicyclic) bond motifs is 1. The van der Waals surface area contributed by atoms with E-state index in [1.165, 1.54) is 36.1 Å². The lowest BCUT2D eigenvalue weighted by molar-refractivity contribution is -0.139. The highest BCUT2D eigenvalue weighted by Crippen LogP contribution is 2.31. The summed E-state index contributed by atoms with van der Waals surface area (Å²) in [5.74, 6) is -1.07. The van der Waals surface area contributed by atoms with E-state index >= 15 is 0 Å². The largest absolute Gasteiger partial charge is 0.374 e. The van der Waals surface area contributed by atoms with Gasteiger partial charge in [-0.05, 0) is 62.4 Å². The van der Waals surface area contributed by atoms with Crippen molar-refractivity contribution >= 4 is 17.5 Å². The topological polar surface area (TPSA) is 64.7 Å². The van der Waals surface area contributed by atoms with Gasteiger partial charge >= 0.3 is 11.8 Å². The minimum atomic E-state index is -0.538. The molecule has 2 amide bonds. The van der Waals surface area contributed by atoms with Crippen LogP contribution in [0.3, 0.4) is 0 Å². The Balaban J connectivity index is 1.72. The first-order valence-electron chi connectivity index (χ1n) is 10.2. The Kier molecular flexibility index (Phi) is 6.72. The summed E-state index contributed by atoms with van der Waals surface area (Å²) in [4.78, 5) is 28.7. The molecular formula is C21H32N4O2. The van der Waals surface area contributed by atoms with Crippen LogP contribution in [0.25, 0.3) is 0 Å². The van der Waals surface area contributed by atoms with Crippen molar-refractivity contribution in [3.05, 3.63) is 29.3 Å². The first-order valence-corrected chi connectivity index (χ1v) is 10.2. The fourth-order valence-corrected chi connectivity index (χ4v) is 4.11. The van der Waals surface area contributed by atoms with E-state index in [1.807, 2.05) is 6.92 Å². The van der Waals surface area contributed by atoms with Crippen LogP contribution in [-0.2, 0) is 16.0 Å². The van der Waals surface area contributed by atoms with Crippen LogP contribution in [0.2, 0.25) is 0 Å². The average Bonchev–Trinajstić information content (AvgIpc) is 3.20. The third kappa shape index (κ3) is 4.80. The molecule has 2 aliphatic heterocycles. The molecule has 0 bridgehead atoms. The molecule has 1 fully saturated rings. The number of anilines is 1. The van der Waals surface area contributed by atoms with Crippen molar-refractivity contribution in [3.8, 4) is 0 Å². The van der Waals surface area contributed by atoms with E-state index in [0.29, 0.717) is 13.1 Å². The van der Waals surface area contributed by atoms with Crippen LogP contribution in [0.1, 0.15) is 49.8 Å². The van der Waals surface area contributed by atoms with Gasteiger partial charge in [0.25, 0.3) is 0 Å². The van der Waals surface area contributed by atoms with Crippen LogP contribution in [0.5, 0.6) is 0 Å². The first kappa shape index (κ1) is 19.7. The van der Waals surface area contributed by atoms with E-state index in [4.69, 9.17) is 0 Å². The molecule has 6 heteroatoms. The van der Waals surface area contributed by atoms with Crippen molar-refractivity contribution in [3.63, 3.8) is 0 Å². The number of rotatable bonds is 6. The Morgan fingerprint density at radius 2 is 1.81 bits per heavy atom. The van der Waals surface area contributed by atoms with E-state index in [9.17, 15) is 9.59 Å². The fourth-order valence-electron chi connectivity index (χ4n) is 4.11.